The molecule has 0 bridgehead atoms. The van der Waals surface area contributed by atoms with Gasteiger partial charge in [0, 0.05) is 29.7 Å². The quantitative estimate of drug-likeness (QED) is 0.753. The van der Waals surface area contributed by atoms with Crippen LogP contribution in [-0.2, 0) is 6.54 Å². The summed E-state index contributed by atoms with van der Waals surface area (Å²) in [4.78, 5) is 5.49. The van der Waals surface area contributed by atoms with Gasteiger partial charge in [-0.25, -0.2) is 0 Å². The molecule has 0 spiro atoms. The normalized spacial score (nSPS) is 14.4. The van der Waals surface area contributed by atoms with E-state index >= 15 is 0 Å². The highest BCUT2D eigenvalue weighted by atomic mass is 16.3. The Bertz CT molecular complexity index is 735. The number of para-hydroxylation sites is 1. The number of aliphatic hydroxyl groups excluding tert-OH is 1. The Morgan fingerprint density at radius 1 is 1.05 bits per heavy atom. The van der Waals surface area contributed by atoms with Gasteiger partial charge in [-0.2, -0.15) is 0 Å². The third kappa shape index (κ3) is 2.91. The van der Waals surface area contributed by atoms with Crippen LogP contribution in [0.5, 0.6) is 0 Å². The summed E-state index contributed by atoms with van der Waals surface area (Å²) in [5.74, 6) is 0. The van der Waals surface area contributed by atoms with E-state index in [9.17, 15) is 5.11 Å². The monoisotopic (exact) mass is 294 g/mol. The van der Waals surface area contributed by atoms with Gasteiger partial charge in [-0.1, -0.05) is 48.5 Å². The molecule has 0 aliphatic rings. The second-order valence-electron chi connectivity index (χ2n) is 5.87. The maximum atomic E-state index is 10.6. The van der Waals surface area contributed by atoms with Gasteiger partial charge in [0.1, 0.15) is 0 Å². The van der Waals surface area contributed by atoms with Crippen LogP contribution in [-0.4, -0.2) is 28.1 Å². The van der Waals surface area contributed by atoms with Crippen LogP contribution in [0.3, 0.4) is 0 Å². The molecule has 2 atom stereocenters. The van der Waals surface area contributed by atoms with Gasteiger partial charge in [-0.3, -0.25) is 4.90 Å². The molecule has 0 saturated heterocycles. The molecule has 3 heteroatoms. The second-order valence-corrected chi connectivity index (χ2v) is 5.87. The minimum atomic E-state index is -0.489. The number of nitrogens with one attached hydrogen (secondary N) is 1. The Labute approximate surface area is 131 Å². The highest BCUT2D eigenvalue weighted by molar-refractivity contribution is 5.82. The lowest BCUT2D eigenvalue weighted by Gasteiger charge is -2.29. The SMILES string of the molecule is C[C@@H]([C@@H](O)c1ccccc1)N(C)Cc1c[nH]c2ccccc12. The minimum absolute atomic E-state index is 0.0380. The summed E-state index contributed by atoms with van der Waals surface area (Å²) in [7, 11) is 2.05. The van der Waals surface area contributed by atoms with Crippen LogP contribution in [0, 0.1) is 0 Å². The number of nitrogens with zero attached hydrogens (tertiary/aromatic N) is 1. The average Bonchev–Trinajstić information content (AvgIpc) is 2.97. The van der Waals surface area contributed by atoms with E-state index in [1.807, 2.05) is 36.4 Å². The zero-order valence-electron chi connectivity index (χ0n) is 13.0. The van der Waals surface area contributed by atoms with Crippen LogP contribution in [0.4, 0.5) is 0 Å². The van der Waals surface area contributed by atoms with Crippen molar-refractivity contribution in [1.82, 2.24) is 9.88 Å². The van der Waals surface area contributed by atoms with E-state index in [2.05, 4.69) is 48.3 Å². The van der Waals surface area contributed by atoms with Gasteiger partial charge in [0.15, 0.2) is 0 Å². The summed E-state index contributed by atoms with van der Waals surface area (Å²) < 4.78 is 0. The smallest absolute Gasteiger partial charge is 0.0942 e. The van der Waals surface area contributed by atoms with Crippen molar-refractivity contribution in [1.29, 1.82) is 0 Å². The molecule has 0 aliphatic carbocycles. The third-order valence-electron chi connectivity index (χ3n) is 4.39. The van der Waals surface area contributed by atoms with Gasteiger partial charge in [-0.15, -0.1) is 0 Å². The lowest BCUT2D eigenvalue weighted by Crippen LogP contribution is -2.33. The molecule has 3 rings (SSSR count). The number of H-pyrrole nitrogens is 1. The number of aliphatic hydroxyl groups is 1. The summed E-state index contributed by atoms with van der Waals surface area (Å²) >= 11 is 0. The highest BCUT2D eigenvalue weighted by Gasteiger charge is 2.21. The Hall–Kier alpha value is -2.10. The van der Waals surface area contributed by atoms with E-state index in [0.29, 0.717) is 0 Å². The summed E-state index contributed by atoms with van der Waals surface area (Å²) in [6.45, 7) is 2.86. The zero-order chi connectivity index (χ0) is 15.5. The molecule has 3 nitrogen and oxygen atoms in total. The van der Waals surface area contributed by atoms with E-state index in [-0.39, 0.29) is 6.04 Å². The lowest BCUT2D eigenvalue weighted by atomic mass is 10.0. The van der Waals surface area contributed by atoms with Crippen LogP contribution >= 0.6 is 0 Å². The number of benzene rings is 2. The van der Waals surface area contributed by atoms with Crippen LogP contribution in [0.2, 0.25) is 0 Å². The molecule has 0 amide bonds. The maximum Gasteiger partial charge on any atom is 0.0942 e. The van der Waals surface area contributed by atoms with E-state index in [1.54, 1.807) is 0 Å². The molecule has 0 fully saturated rings. The molecule has 114 valence electrons. The Kier molecular flexibility index (Phi) is 4.27. The van der Waals surface area contributed by atoms with E-state index in [1.165, 1.54) is 10.9 Å². The number of hydrogen-bond acceptors (Lipinski definition) is 2. The fourth-order valence-electron chi connectivity index (χ4n) is 2.84. The van der Waals surface area contributed by atoms with Crippen molar-refractivity contribution in [3.05, 3.63) is 71.9 Å². The fraction of sp³-hybridized carbons (Fsp3) is 0.263. The van der Waals surface area contributed by atoms with Gasteiger partial charge in [-0.05, 0) is 31.2 Å². The Morgan fingerprint density at radius 2 is 1.73 bits per heavy atom. The van der Waals surface area contributed by atoms with Crippen molar-refractivity contribution in [2.24, 2.45) is 0 Å². The zero-order valence-corrected chi connectivity index (χ0v) is 13.0. The summed E-state index contributed by atoms with van der Waals surface area (Å²) in [5.41, 5.74) is 3.37. The van der Waals surface area contributed by atoms with Gasteiger partial charge in [0.25, 0.3) is 0 Å². The first-order valence-electron chi connectivity index (χ1n) is 7.65. The number of fused-ring (bicyclic) bond motifs is 1. The molecule has 1 aromatic heterocycles. The fourth-order valence-corrected chi connectivity index (χ4v) is 2.84. The van der Waals surface area contributed by atoms with Crippen molar-refractivity contribution in [3.8, 4) is 0 Å². The van der Waals surface area contributed by atoms with Crippen molar-refractivity contribution in [2.45, 2.75) is 25.6 Å². The molecule has 0 saturated carbocycles. The first-order valence-corrected chi connectivity index (χ1v) is 7.65. The average molecular weight is 294 g/mol. The highest BCUT2D eigenvalue weighted by Crippen LogP contribution is 2.24. The Balaban J connectivity index is 1.75. The number of rotatable bonds is 5. The first kappa shape index (κ1) is 14.8. The number of aromatic amines is 1. The standard InChI is InChI=1S/C19H22N2O/c1-14(19(22)15-8-4-3-5-9-15)21(2)13-16-12-20-18-11-7-6-10-17(16)18/h3-12,14,19-20,22H,13H2,1-2H3/t14-,19+/m0/s1. The van der Waals surface area contributed by atoms with Crippen LogP contribution < -0.4 is 0 Å². The predicted molar refractivity (Wildman–Crippen MR) is 90.6 cm³/mol. The van der Waals surface area contributed by atoms with E-state index in [0.717, 1.165) is 17.6 Å². The molecular formula is C19H22N2O. The van der Waals surface area contributed by atoms with E-state index in [4.69, 9.17) is 0 Å². The molecule has 0 unspecified atom stereocenters. The minimum Gasteiger partial charge on any atom is -0.387 e. The summed E-state index contributed by atoms with van der Waals surface area (Å²) in [6, 6.07) is 18.2. The first-order chi connectivity index (χ1) is 10.7. The lowest BCUT2D eigenvalue weighted by molar-refractivity contribution is 0.0690. The largest absolute Gasteiger partial charge is 0.387 e. The molecule has 2 N–H and O–H groups in total. The summed E-state index contributed by atoms with van der Waals surface area (Å²) in [5, 5.41) is 11.8. The van der Waals surface area contributed by atoms with Gasteiger partial charge in [0.2, 0.25) is 0 Å². The molecule has 2 aromatic carbocycles. The van der Waals surface area contributed by atoms with Gasteiger partial charge in [0.05, 0.1) is 6.10 Å². The van der Waals surface area contributed by atoms with E-state index < -0.39 is 6.10 Å². The topological polar surface area (TPSA) is 39.3 Å². The number of hydrogen-bond donors (Lipinski definition) is 2. The van der Waals surface area contributed by atoms with Gasteiger partial charge < -0.3 is 10.1 Å². The maximum absolute atomic E-state index is 10.6. The van der Waals surface area contributed by atoms with Crippen LogP contribution in [0.25, 0.3) is 10.9 Å². The second kappa shape index (κ2) is 6.34. The number of aromatic nitrogens is 1. The number of likely N-dealkylation sites (N-methyl/N-ethyl adjacent to an activating group) is 1. The molecular weight excluding hydrogens is 272 g/mol. The van der Waals surface area contributed by atoms with Crippen molar-refractivity contribution >= 4 is 10.9 Å². The molecule has 0 aliphatic heterocycles. The predicted octanol–water partition coefficient (Wildman–Crippen LogP) is 3.72. The Morgan fingerprint density at radius 3 is 2.50 bits per heavy atom. The van der Waals surface area contributed by atoms with Crippen molar-refractivity contribution in [3.63, 3.8) is 0 Å². The van der Waals surface area contributed by atoms with Crippen molar-refractivity contribution in [2.75, 3.05) is 7.05 Å². The molecule has 0 radical (unpaired) electrons. The van der Waals surface area contributed by atoms with Gasteiger partial charge >= 0.3 is 0 Å². The molecule has 1 heterocycles. The third-order valence-corrected chi connectivity index (χ3v) is 4.39. The molecule has 3 aromatic rings. The van der Waals surface area contributed by atoms with Crippen LogP contribution in [0.15, 0.2) is 60.8 Å². The van der Waals surface area contributed by atoms with Crippen molar-refractivity contribution < 1.29 is 5.11 Å². The summed E-state index contributed by atoms with van der Waals surface area (Å²) in [6.07, 6.45) is 1.57. The van der Waals surface area contributed by atoms with Crippen LogP contribution in [0.1, 0.15) is 24.2 Å². The molecule has 22 heavy (non-hydrogen) atoms.